The molecule has 0 fully saturated rings. The molecule has 6 nitrogen and oxygen atoms in total. The van der Waals surface area contributed by atoms with Gasteiger partial charge in [-0.3, -0.25) is 9.59 Å². The summed E-state index contributed by atoms with van der Waals surface area (Å²) in [5, 5.41) is 3.14. The van der Waals surface area contributed by atoms with Gasteiger partial charge in [0.2, 0.25) is 11.8 Å². The molecule has 2 amide bonds. The van der Waals surface area contributed by atoms with Gasteiger partial charge in [0.15, 0.2) is 0 Å². The number of nitrogens with one attached hydrogen (secondary N) is 1. The smallest absolute Gasteiger partial charge is 0.246 e. The van der Waals surface area contributed by atoms with E-state index in [2.05, 4.69) is 5.32 Å². The highest BCUT2D eigenvalue weighted by Crippen LogP contribution is 2.27. The second-order valence-corrected chi connectivity index (χ2v) is 5.37. The summed E-state index contributed by atoms with van der Waals surface area (Å²) >= 11 is 5.91. The highest BCUT2D eigenvalue weighted by Gasteiger charge is 2.13. The number of ether oxygens (including phenoxy) is 1. The summed E-state index contributed by atoms with van der Waals surface area (Å²) in [6, 6.07) is 8.34. The maximum absolute atomic E-state index is 12.1. The van der Waals surface area contributed by atoms with Crippen molar-refractivity contribution < 1.29 is 18.7 Å². The second-order valence-electron chi connectivity index (χ2n) is 4.94. The minimum Gasteiger partial charge on any atom is -0.495 e. The first-order chi connectivity index (χ1) is 11.5. The van der Waals surface area contributed by atoms with Crippen LogP contribution in [0.4, 0.5) is 5.69 Å². The number of carbonyl (C=O) groups is 2. The van der Waals surface area contributed by atoms with E-state index in [9.17, 15) is 9.59 Å². The molecule has 0 aliphatic rings. The van der Waals surface area contributed by atoms with Crippen molar-refractivity contribution in [1.82, 2.24) is 4.90 Å². The van der Waals surface area contributed by atoms with Crippen LogP contribution in [0, 0.1) is 0 Å². The topological polar surface area (TPSA) is 71.8 Å². The fourth-order valence-corrected chi connectivity index (χ4v) is 2.10. The molecule has 24 heavy (non-hydrogen) atoms. The molecule has 0 aliphatic heterocycles. The molecule has 126 valence electrons. The van der Waals surface area contributed by atoms with Gasteiger partial charge in [-0.2, -0.15) is 0 Å². The number of anilines is 1. The first kappa shape index (κ1) is 17.6. The highest BCUT2D eigenvalue weighted by atomic mass is 35.5. The zero-order chi connectivity index (χ0) is 17.5. The lowest BCUT2D eigenvalue weighted by Gasteiger charge is -2.16. The highest BCUT2D eigenvalue weighted by molar-refractivity contribution is 6.31. The van der Waals surface area contributed by atoms with E-state index in [0.717, 1.165) is 0 Å². The van der Waals surface area contributed by atoms with Gasteiger partial charge >= 0.3 is 0 Å². The van der Waals surface area contributed by atoms with Crippen LogP contribution in [0.15, 0.2) is 47.1 Å². The number of halogens is 1. The number of amides is 2. The van der Waals surface area contributed by atoms with Crippen LogP contribution in [-0.2, 0) is 9.59 Å². The Morgan fingerprint density at radius 2 is 2.17 bits per heavy atom. The van der Waals surface area contributed by atoms with Gasteiger partial charge in [0.25, 0.3) is 0 Å². The summed E-state index contributed by atoms with van der Waals surface area (Å²) in [5.41, 5.74) is 0.446. The number of methoxy groups -OCH3 is 1. The third-order valence-electron chi connectivity index (χ3n) is 3.13. The largest absolute Gasteiger partial charge is 0.495 e. The van der Waals surface area contributed by atoms with Crippen LogP contribution in [0.5, 0.6) is 5.75 Å². The Morgan fingerprint density at radius 1 is 1.38 bits per heavy atom. The van der Waals surface area contributed by atoms with Crippen LogP contribution < -0.4 is 10.1 Å². The number of rotatable bonds is 6. The van der Waals surface area contributed by atoms with Crippen LogP contribution in [0.2, 0.25) is 5.02 Å². The molecular formula is C17H17ClN2O4. The molecule has 7 heteroatoms. The average Bonchev–Trinajstić information content (AvgIpc) is 3.06. The quantitative estimate of drug-likeness (QED) is 0.814. The first-order valence-corrected chi connectivity index (χ1v) is 7.47. The van der Waals surface area contributed by atoms with Crippen molar-refractivity contribution in [3.8, 4) is 5.75 Å². The molecule has 1 N–H and O–H groups in total. The van der Waals surface area contributed by atoms with Gasteiger partial charge in [0.05, 0.1) is 25.6 Å². The van der Waals surface area contributed by atoms with E-state index in [1.165, 1.54) is 37.5 Å². The van der Waals surface area contributed by atoms with E-state index >= 15 is 0 Å². The fourth-order valence-electron chi connectivity index (χ4n) is 1.93. The number of benzene rings is 1. The van der Waals surface area contributed by atoms with Gasteiger partial charge in [0.1, 0.15) is 11.5 Å². The molecule has 1 heterocycles. The number of hydrogen-bond acceptors (Lipinski definition) is 4. The van der Waals surface area contributed by atoms with Gasteiger partial charge in [-0.15, -0.1) is 0 Å². The summed E-state index contributed by atoms with van der Waals surface area (Å²) in [6.07, 6.45) is 4.39. The number of likely N-dealkylation sites (N-methyl/N-ethyl adjacent to an activating group) is 1. The Kier molecular flexibility index (Phi) is 6.03. The van der Waals surface area contributed by atoms with Crippen molar-refractivity contribution in [2.75, 3.05) is 26.0 Å². The zero-order valence-electron chi connectivity index (χ0n) is 13.3. The number of hydrogen-bond donors (Lipinski definition) is 1. The number of nitrogens with zero attached hydrogens (tertiary/aromatic N) is 1. The second kappa shape index (κ2) is 8.21. The van der Waals surface area contributed by atoms with Crippen LogP contribution >= 0.6 is 11.6 Å². The predicted molar refractivity (Wildman–Crippen MR) is 92.0 cm³/mol. The SMILES string of the molecule is COc1ccc(Cl)cc1NC(=O)CN(C)C(=O)/C=C/c1ccco1. The van der Waals surface area contributed by atoms with Crippen molar-refractivity contribution in [3.63, 3.8) is 0 Å². The lowest BCUT2D eigenvalue weighted by atomic mass is 10.3. The first-order valence-electron chi connectivity index (χ1n) is 7.09. The third-order valence-corrected chi connectivity index (χ3v) is 3.36. The maximum atomic E-state index is 12.1. The lowest BCUT2D eigenvalue weighted by molar-refractivity contribution is -0.129. The van der Waals surface area contributed by atoms with Crippen molar-refractivity contribution in [3.05, 3.63) is 53.5 Å². The predicted octanol–water partition coefficient (Wildman–Crippen LogP) is 3.05. The maximum Gasteiger partial charge on any atom is 0.246 e. The summed E-state index contributed by atoms with van der Waals surface area (Å²) in [5.74, 6) is 0.363. The molecule has 1 aromatic carbocycles. The molecule has 2 rings (SSSR count). The van der Waals surface area contributed by atoms with E-state index in [4.69, 9.17) is 20.8 Å². The molecule has 1 aromatic heterocycles. The van der Waals surface area contributed by atoms with Crippen LogP contribution in [0.1, 0.15) is 5.76 Å². The van der Waals surface area contributed by atoms with Crippen molar-refractivity contribution >= 4 is 35.2 Å². The molecule has 0 saturated heterocycles. The van der Waals surface area contributed by atoms with Crippen molar-refractivity contribution in [1.29, 1.82) is 0 Å². The van der Waals surface area contributed by atoms with E-state index < -0.39 is 0 Å². The average molecular weight is 349 g/mol. The third kappa shape index (κ3) is 4.89. The van der Waals surface area contributed by atoms with Gasteiger partial charge in [0, 0.05) is 18.1 Å². The van der Waals surface area contributed by atoms with Gasteiger partial charge in [-0.05, 0) is 36.4 Å². The monoisotopic (exact) mass is 348 g/mol. The normalized spacial score (nSPS) is 10.6. The summed E-state index contributed by atoms with van der Waals surface area (Å²) in [6.45, 7) is -0.114. The fraction of sp³-hybridized carbons (Fsp3) is 0.176. The molecule has 0 saturated carbocycles. The van der Waals surface area contributed by atoms with Gasteiger partial charge < -0.3 is 19.4 Å². The lowest BCUT2D eigenvalue weighted by Crippen LogP contribution is -2.33. The van der Waals surface area contributed by atoms with E-state index in [1.807, 2.05) is 0 Å². The molecule has 0 spiro atoms. The van der Waals surface area contributed by atoms with Crippen LogP contribution in [-0.4, -0.2) is 37.4 Å². The molecule has 2 aromatic rings. The molecule has 0 aliphatic carbocycles. The Morgan fingerprint density at radius 3 is 2.83 bits per heavy atom. The van der Waals surface area contributed by atoms with Gasteiger partial charge in [-0.25, -0.2) is 0 Å². The number of furan rings is 1. The van der Waals surface area contributed by atoms with Gasteiger partial charge in [-0.1, -0.05) is 11.6 Å². The number of carbonyl (C=O) groups excluding carboxylic acids is 2. The molecule has 0 atom stereocenters. The Bertz CT molecular complexity index is 741. The molecule has 0 bridgehead atoms. The summed E-state index contributed by atoms with van der Waals surface area (Å²) < 4.78 is 10.3. The summed E-state index contributed by atoms with van der Waals surface area (Å²) in [7, 11) is 3.03. The van der Waals surface area contributed by atoms with E-state index in [-0.39, 0.29) is 18.4 Å². The van der Waals surface area contributed by atoms with Crippen molar-refractivity contribution in [2.24, 2.45) is 0 Å². The summed E-state index contributed by atoms with van der Waals surface area (Å²) in [4.78, 5) is 25.4. The molecule has 0 radical (unpaired) electrons. The van der Waals surface area contributed by atoms with Crippen LogP contribution in [0.25, 0.3) is 6.08 Å². The standard InChI is InChI=1S/C17H17ClN2O4/c1-20(17(22)8-6-13-4-3-9-24-13)11-16(21)19-14-10-12(18)5-7-15(14)23-2/h3-10H,11H2,1-2H3,(H,19,21)/b8-6+. The van der Waals surface area contributed by atoms with Crippen molar-refractivity contribution in [2.45, 2.75) is 0 Å². The minimum atomic E-state index is -0.363. The van der Waals surface area contributed by atoms with E-state index in [0.29, 0.717) is 22.2 Å². The van der Waals surface area contributed by atoms with E-state index in [1.54, 1.807) is 30.3 Å². The zero-order valence-corrected chi connectivity index (χ0v) is 14.0. The molecular weight excluding hydrogens is 332 g/mol. The molecule has 0 unspecified atom stereocenters. The Balaban J connectivity index is 1.94. The Hall–Kier alpha value is -2.73. The Labute approximate surface area is 144 Å². The minimum absolute atomic E-state index is 0.114. The van der Waals surface area contributed by atoms with Crippen LogP contribution in [0.3, 0.4) is 0 Å².